The van der Waals surface area contributed by atoms with E-state index in [2.05, 4.69) is 5.32 Å². The van der Waals surface area contributed by atoms with Gasteiger partial charge in [-0.05, 0) is 6.07 Å². The van der Waals surface area contributed by atoms with Crippen LogP contribution in [0.1, 0.15) is 12.5 Å². The van der Waals surface area contributed by atoms with Gasteiger partial charge in [0.15, 0.2) is 11.3 Å². The Labute approximate surface area is 154 Å². The Balaban J connectivity index is 3.30. The third kappa shape index (κ3) is 5.08. The van der Waals surface area contributed by atoms with Crippen LogP contribution in [0.5, 0.6) is 11.5 Å². The maximum atomic E-state index is 12.4. The molecule has 0 fully saturated rings. The molecule has 0 unspecified atom stereocenters. The van der Waals surface area contributed by atoms with Crippen LogP contribution in [0, 0.1) is 21.4 Å². The number of benzene rings is 1. The van der Waals surface area contributed by atoms with Gasteiger partial charge in [0.05, 0.1) is 12.0 Å². The summed E-state index contributed by atoms with van der Waals surface area (Å²) in [6, 6.07) is 3.43. The van der Waals surface area contributed by atoms with Gasteiger partial charge in [0.2, 0.25) is 11.7 Å². The lowest BCUT2D eigenvalue weighted by Gasteiger charge is -2.17. The first kappa shape index (κ1) is 21.2. The molecular formula is C16H18N4O7. The van der Waals surface area contributed by atoms with Crippen LogP contribution in [0.15, 0.2) is 17.7 Å². The van der Waals surface area contributed by atoms with Gasteiger partial charge in [-0.3, -0.25) is 19.7 Å². The molecule has 0 aliphatic rings. The summed E-state index contributed by atoms with van der Waals surface area (Å²) in [5, 5.41) is 42.8. The molecule has 11 heteroatoms. The highest BCUT2D eigenvalue weighted by molar-refractivity contribution is 6.03. The lowest BCUT2D eigenvalue weighted by atomic mass is 10.1. The Bertz CT molecular complexity index is 842. The highest BCUT2D eigenvalue weighted by atomic mass is 16.6. The number of nitro benzene ring substituents is 1. The zero-order valence-electron chi connectivity index (χ0n) is 14.8. The van der Waals surface area contributed by atoms with E-state index in [0.717, 1.165) is 24.1 Å². The van der Waals surface area contributed by atoms with Crippen molar-refractivity contribution >= 4 is 23.3 Å². The molecule has 3 N–H and O–H groups in total. The van der Waals surface area contributed by atoms with Gasteiger partial charge in [0.25, 0.3) is 5.91 Å². The van der Waals surface area contributed by atoms with Crippen LogP contribution < -0.4 is 10.1 Å². The van der Waals surface area contributed by atoms with E-state index < -0.39 is 33.6 Å². The molecule has 0 atom stereocenters. The third-order valence-electron chi connectivity index (χ3n) is 3.48. The van der Waals surface area contributed by atoms with E-state index >= 15 is 0 Å². The van der Waals surface area contributed by atoms with Crippen molar-refractivity contribution in [2.45, 2.75) is 6.92 Å². The molecule has 0 saturated carbocycles. The number of aromatic hydroxyl groups is 1. The van der Waals surface area contributed by atoms with Gasteiger partial charge in [-0.25, -0.2) is 0 Å². The number of hydrogen-bond acceptors (Lipinski definition) is 8. The minimum atomic E-state index is -0.901. The Morgan fingerprint density at radius 3 is 2.56 bits per heavy atom. The number of hydrogen-bond donors (Lipinski definition) is 3. The number of nitro groups is 1. The first-order valence-electron chi connectivity index (χ1n) is 7.53. The average molecular weight is 378 g/mol. The van der Waals surface area contributed by atoms with Crippen molar-refractivity contribution in [2.24, 2.45) is 0 Å². The number of phenolic OH excluding ortho intramolecular Hbond substituents is 1. The van der Waals surface area contributed by atoms with Crippen LogP contribution in [-0.2, 0) is 9.59 Å². The summed E-state index contributed by atoms with van der Waals surface area (Å²) < 4.78 is 4.82. The van der Waals surface area contributed by atoms with Gasteiger partial charge in [-0.2, -0.15) is 5.26 Å². The molecule has 27 heavy (non-hydrogen) atoms. The molecule has 0 aromatic heterocycles. The fraction of sp³-hybridized carbons (Fsp3) is 0.312. The number of likely N-dealkylation sites (N-methyl/N-ethyl adjacent to an activating group) is 1. The molecule has 1 aromatic rings. The van der Waals surface area contributed by atoms with Crippen LogP contribution >= 0.6 is 0 Å². The molecule has 0 heterocycles. The van der Waals surface area contributed by atoms with E-state index in [1.807, 2.05) is 0 Å². The first-order chi connectivity index (χ1) is 12.6. The summed E-state index contributed by atoms with van der Waals surface area (Å²) in [6.45, 7) is 1.50. The number of aliphatic hydroxyl groups is 1. The largest absolute Gasteiger partial charge is 0.506 e. The number of aliphatic hydroxyl groups excluding tert-OH is 1. The number of rotatable bonds is 7. The fourth-order valence-electron chi connectivity index (χ4n) is 2.06. The third-order valence-corrected chi connectivity index (χ3v) is 3.48. The summed E-state index contributed by atoms with van der Waals surface area (Å²) in [5.41, 5.74) is -1.68. The number of nitrogens with one attached hydrogen (secondary N) is 1. The van der Waals surface area contributed by atoms with Gasteiger partial charge >= 0.3 is 5.69 Å². The quantitative estimate of drug-likeness (QED) is 0.205. The summed E-state index contributed by atoms with van der Waals surface area (Å²) in [6.07, 6.45) is 0. The molecule has 0 radical (unpaired) electrons. The number of carbonyl (C=O) groups is 2. The standard InChI is InChI=1S/C16H18N4O7/c1-9(21)18-4-5-19(2)16(24)11(8-17)14(22)10-6-12(20(25)26)15(23)13(7-10)27-3/h6-7,22-23H,4-5H2,1-3H3,(H,18,21)/b14-11-. The monoisotopic (exact) mass is 378 g/mol. The fourth-order valence-corrected chi connectivity index (χ4v) is 2.06. The van der Waals surface area contributed by atoms with E-state index in [1.165, 1.54) is 14.0 Å². The van der Waals surface area contributed by atoms with Gasteiger partial charge in [-0.15, -0.1) is 0 Å². The summed E-state index contributed by atoms with van der Waals surface area (Å²) >= 11 is 0. The van der Waals surface area contributed by atoms with Gasteiger partial charge in [0, 0.05) is 38.7 Å². The number of amides is 2. The summed E-state index contributed by atoms with van der Waals surface area (Å²) in [5.74, 6) is -3.02. The molecule has 0 spiro atoms. The average Bonchev–Trinajstić information content (AvgIpc) is 2.61. The molecule has 0 bridgehead atoms. The van der Waals surface area contributed by atoms with Gasteiger partial charge in [-0.1, -0.05) is 0 Å². The highest BCUT2D eigenvalue weighted by Crippen LogP contribution is 2.38. The van der Waals surface area contributed by atoms with Crippen molar-refractivity contribution in [3.05, 3.63) is 33.4 Å². The molecule has 0 aliphatic heterocycles. The van der Waals surface area contributed by atoms with E-state index in [4.69, 9.17) is 4.74 Å². The van der Waals surface area contributed by atoms with Crippen molar-refractivity contribution in [3.63, 3.8) is 0 Å². The highest BCUT2D eigenvalue weighted by Gasteiger charge is 2.25. The van der Waals surface area contributed by atoms with Crippen LogP contribution in [0.4, 0.5) is 5.69 Å². The molecule has 1 rings (SSSR count). The number of nitriles is 1. The number of nitrogens with zero attached hydrogens (tertiary/aromatic N) is 3. The SMILES string of the molecule is COc1cc(/C(O)=C(\C#N)C(=O)N(C)CCNC(C)=O)cc([N+](=O)[O-])c1O. The second-order valence-electron chi connectivity index (χ2n) is 5.35. The summed E-state index contributed by atoms with van der Waals surface area (Å²) in [7, 11) is 2.50. The van der Waals surface area contributed by atoms with Crippen molar-refractivity contribution in [1.29, 1.82) is 5.26 Å². The number of ether oxygens (including phenoxy) is 1. The Morgan fingerprint density at radius 2 is 2.07 bits per heavy atom. The molecular weight excluding hydrogens is 360 g/mol. The van der Waals surface area contributed by atoms with E-state index in [1.54, 1.807) is 6.07 Å². The molecule has 2 amide bonds. The van der Waals surface area contributed by atoms with Crippen molar-refractivity contribution in [1.82, 2.24) is 10.2 Å². The van der Waals surface area contributed by atoms with E-state index in [0.29, 0.717) is 0 Å². The number of methoxy groups -OCH3 is 1. The molecule has 144 valence electrons. The van der Waals surface area contributed by atoms with Gasteiger partial charge in [0.1, 0.15) is 11.8 Å². The van der Waals surface area contributed by atoms with Crippen molar-refractivity contribution in [2.75, 3.05) is 27.2 Å². The lowest BCUT2D eigenvalue weighted by molar-refractivity contribution is -0.386. The molecule has 0 aliphatic carbocycles. The predicted octanol–water partition coefficient (Wildman–Crippen LogP) is 0.696. The Morgan fingerprint density at radius 1 is 1.44 bits per heavy atom. The number of carbonyl (C=O) groups excluding carboxylic acids is 2. The second kappa shape index (κ2) is 9.04. The molecule has 0 saturated heterocycles. The maximum absolute atomic E-state index is 12.4. The van der Waals surface area contributed by atoms with Crippen LogP contribution in [0.3, 0.4) is 0 Å². The van der Waals surface area contributed by atoms with Crippen molar-refractivity contribution < 1.29 is 29.5 Å². The van der Waals surface area contributed by atoms with E-state index in [-0.39, 0.29) is 30.3 Å². The minimum Gasteiger partial charge on any atom is -0.506 e. The topological polar surface area (TPSA) is 166 Å². The van der Waals surface area contributed by atoms with Crippen molar-refractivity contribution in [3.8, 4) is 17.6 Å². The lowest BCUT2D eigenvalue weighted by Crippen LogP contribution is -2.36. The molecule has 1 aromatic carbocycles. The zero-order chi connectivity index (χ0) is 20.7. The summed E-state index contributed by atoms with van der Waals surface area (Å²) in [4.78, 5) is 34.4. The second-order valence-corrected chi connectivity index (χ2v) is 5.35. The smallest absolute Gasteiger partial charge is 0.315 e. The van der Waals surface area contributed by atoms with Crippen LogP contribution in [0.25, 0.3) is 5.76 Å². The molecule has 11 nitrogen and oxygen atoms in total. The minimum absolute atomic E-state index is 0.0654. The number of phenols is 1. The Kier molecular flexibility index (Phi) is 7.11. The zero-order valence-corrected chi connectivity index (χ0v) is 14.8. The Hall–Kier alpha value is -3.81. The first-order valence-corrected chi connectivity index (χ1v) is 7.53. The van der Waals surface area contributed by atoms with Crippen LogP contribution in [0.2, 0.25) is 0 Å². The predicted molar refractivity (Wildman–Crippen MR) is 92.8 cm³/mol. The van der Waals surface area contributed by atoms with Gasteiger partial charge < -0.3 is 25.2 Å². The van der Waals surface area contributed by atoms with E-state index in [9.17, 15) is 35.2 Å². The maximum Gasteiger partial charge on any atom is 0.315 e. The normalized spacial score (nSPS) is 11.0. The van der Waals surface area contributed by atoms with Crippen LogP contribution in [-0.4, -0.2) is 59.1 Å².